The van der Waals surface area contributed by atoms with Crippen molar-refractivity contribution in [2.75, 3.05) is 6.61 Å². The molecule has 1 heterocycles. The van der Waals surface area contributed by atoms with Crippen LogP contribution in [-0.4, -0.2) is 11.2 Å². The minimum atomic E-state index is 0.626. The summed E-state index contributed by atoms with van der Waals surface area (Å²) in [6, 6.07) is 15.8. The molecule has 0 atom stereocenters. The molecule has 0 aliphatic heterocycles. The van der Waals surface area contributed by atoms with Crippen molar-refractivity contribution in [3.63, 3.8) is 0 Å². The zero-order valence-electron chi connectivity index (χ0n) is 10.7. The lowest BCUT2D eigenvalue weighted by Crippen LogP contribution is -2.06. The van der Waals surface area contributed by atoms with Crippen LogP contribution in [-0.2, 0) is 6.54 Å². The number of nitrogens with zero attached hydrogens (tertiary/aromatic N) is 1. The SMILES string of the molecule is Clc1ccc(OCCn2ccc3cc(Br)ccc32)cc1. The van der Waals surface area contributed by atoms with Gasteiger partial charge >= 0.3 is 0 Å². The maximum atomic E-state index is 5.84. The summed E-state index contributed by atoms with van der Waals surface area (Å²) in [4.78, 5) is 0. The molecule has 0 fully saturated rings. The standard InChI is InChI=1S/C16H13BrClNO/c17-13-1-6-16-12(11-13)7-8-19(16)9-10-20-15-4-2-14(18)3-5-15/h1-8,11H,9-10H2. The maximum Gasteiger partial charge on any atom is 0.119 e. The Balaban J connectivity index is 1.66. The van der Waals surface area contributed by atoms with Crippen LogP contribution in [0.15, 0.2) is 59.2 Å². The average Bonchev–Trinajstić information content (AvgIpc) is 2.83. The highest BCUT2D eigenvalue weighted by Crippen LogP contribution is 2.21. The molecular weight excluding hydrogens is 338 g/mol. The summed E-state index contributed by atoms with van der Waals surface area (Å²) >= 11 is 9.33. The smallest absolute Gasteiger partial charge is 0.119 e. The topological polar surface area (TPSA) is 14.2 Å². The van der Waals surface area contributed by atoms with Gasteiger partial charge in [-0.25, -0.2) is 0 Å². The Bertz CT molecular complexity index is 721. The zero-order valence-corrected chi connectivity index (χ0v) is 13.1. The highest BCUT2D eigenvalue weighted by molar-refractivity contribution is 9.10. The number of halogens is 2. The van der Waals surface area contributed by atoms with Gasteiger partial charge in [-0.05, 0) is 48.5 Å². The van der Waals surface area contributed by atoms with Crippen molar-refractivity contribution < 1.29 is 4.74 Å². The molecule has 0 saturated carbocycles. The molecule has 102 valence electrons. The van der Waals surface area contributed by atoms with Crippen molar-refractivity contribution in [1.82, 2.24) is 4.57 Å². The molecular formula is C16H13BrClNO. The van der Waals surface area contributed by atoms with Crippen molar-refractivity contribution in [2.45, 2.75) is 6.54 Å². The van der Waals surface area contributed by atoms with Gasteiger partial charge in [-0.3, -0.25) is 0 Å². The lowest BCUT2D eigenvalue weighted by Gasteiger charge is -2.08. The van der Waals surface area contributed by atoms with Crippen LogP contribution in [0.4, 0.5) is 0 Å². The Labute approximate surface area is 131 Å². The van der Waals surface area contributed by atoms with Gasteiger partial charge in [-0.2, -0.15) is 0 Å². The van der Waals surface area contributed by atoms with Gasteiger partial charge in [0, 0.05) is 26.6 Å². The van der Waals surface area contributed by atoms with E-state index in [0.29, 0.717) is 6.61 Å². The van der Waals surface area contributed by atoms with Crippen LogP contribution >= 0.6 is 27.5 Å². The highest BCUT2D eigenvalue weighted by atomic mass is 79.9. The number of ether oxygens (including phenoxy) is 1. The average molecular weight is 351 g/mol. The van der Waals surface area contributed by atoms with E-state index >= 15 is 0 Å². The van der Waals surface area contributed by atoms with Crippen molar-refractivity contribution in [3.05, 3.63) is 64.2 Å². The van der Waals surface area contributed by atoms with Crippen molar-refractivity contribution in [2.24, 2.45) is 0 Å². The van der Waals surface area contributed by atoms with Crippen LogP contribution in [0, 0.1) is 0 Å². The molecule has 0 bridgehead atoms. The van der Waals surface area contributed by atoms with E-state index in [0.717, 1.165) is 21.8 Å². The van der Waals surface area contributed by atoms with Gasteiger partial charge in [0.2, 0.25) is 0 Å². The fourth-order valence-corrected chi connectivity index (χ4v) is 2.66. The molecule has 0 amide bonds. The predicted molar refractivity (Wildman–Crippen MR) is 86.6 cm³/mol. The molecule has 1 aromatic heterocycles. The predicted octanol–water partition coefficient (Wildman–Crippen LogP) is 5.14. The number of hydrogen-bond acceptors (Lipinski definition) is 1. The van der Waals surface area contributed by atoms with E-state index in [2.05, 4.69) is 51.0 Å². The Morgan fingerprint density at radius 3 is 2.65 bits per heavy atom. The molecule has 0 aliphatic carbocycles. The second-order valence-corrected chi connectivity index (χ2v) is 5.87. The van der Waals surface area contributed by atoms with Gasteiger partial charge in [0.25, 0.3) is 0 Å². The molecule has 2 nitrogen and oxygen atoms in total. The molecule has 3 aromatic rings. The fourth-order valence-electron chi connectivity index (χ4n) is 2.16. The van der Waals surface area contributed by atoms with Crippen molar-refractivity contribution in [1.29, 1.82) is 0 Å². The van der Waals surface area contributed by atoms with Gasteiger partial charge in [0.1, 0.15) is 12.4 Å². The van der Waals surface area contributed by atoms with E-state index in [1.54, 1.807) is 0 Å². The second-order valence-electron chi connectivity index (χ2n) is 4.51. The number of aromatic nitrogens is 1. The summed E-state index contributed by atoms with van der Waals surface area (Å²) in [7, 11) is 0. The monoisotopic (exact) mass is 349 g/mol. The molecule has 20 heavy (non-hydrogen) atoms. The molecule has 0 unspecified atom stereocenters. The van der Waals surface area contributed by atoms with Crippen LogP contribution in [0.5, 0.6) is 5.75 Å². The lowest BCUT2D eigenvalue weighted by atomic mass is 10.2. The van der Waals surface area contributed by atoms with Crippen LogP contribution in [0.25, 0.3) is 10.9 Å². The third-order valence-corrected chi connectivity index (χ3v) is 3.89. The molecule has 2 aromatic carbocycles. The maximum absolute atomic E-state index is 5.84. The van der Waals surface area contributed by atoms with E-state index in [9.17, 15) is 0 Å². The Hall–Kier alpha value is -1.45. The summed E-state index contributed by atoms with van der Waals surface area (Å²) in [5, 5.41) is 1.95. The van der Waals surface area contributed by atoms with Gasteiger partial charge in [-0.1, -0.05) is 27.5 Å². The molecule has 0 radical (unpaired) electrons. The number of benzene rings is 2. The van der Waals surface area contributed by atoms with Crippen LogP contribution < -0.4 is 4.74 Å². The highest BCUT2D eigenvalue weighted by Gasteiger charge is 2.02. The Morgan fingerprint density at radius 2 is 1.85 bits per heavy atom. The first kappa shape index (κ1) is 13.5. The quantitative estimate of drug-likeness (QED) is 0.636. The third-order valence-electron chi connectivity index (χ3n) is 3.15. The van der Waals surface area contributed by atoms with Crippen molar-refractivity contribution in [3.8, 4) is 5.75 Å². The molecule has 0 aliphatic rings. The summed E-state index contributed by atoms with van der Waals surface area (Å²) < 4.78 is 9.01. The molecule has 0 spiro atoms. The minimum absolute atomic E-state index is 0.626. The first-order chi connectivity index (χ1) is 9.72. The first-order valence-corrected chi connectivity index (χ1v) is 7.52. The van der Waals surface area contributed by atoms with E-state index in [1.165, 1.54) is 10.9 Å². The Kier molecular flexibility index (Phi) is 3.99. The molecule has 0 saturated heterocycles. The third kappa shape index (κ3) is 3.00. The van der Waals surface area contributed by atoms with Gasteiger partial charge < -0.3 is 9.30 Å². The molecule has 4 heteroatoms. The van der Waals surface area contributed by atoms with E-state index in [1.807, 2.05) is 24.3 Å². The summed E-state index contributed by atoms with van der Waals surface area (Å²) in [6.07, 6.45) is 2.09. The van der Waals surface area contributed by atoms with Crippen LogP contribution in [0.3, 0.4) is 0 Å². The number of fused-ring (bicyclic) bond motifs is 1. The van der Waals surface area contributed by atoms with Gasteiger partial charge in [0.05, 0.1) is 6.54 Å². The summed E-state index contributed by atoms with van der Waals surface area (Å²) in [6.45, 7) is 1.44. The minimum Gasteiger partial charge on any atom is -0.492 e. The van der Waals surface area contributed by atoms with Crippen LogP contribution in [0.2, 0.25) is 5.02 Å². The number of rotatable bonds is 4. The normalized spacial score (nSPS) is 10.9. The molecule has 3 rings (SSSR count). The zero-order chi connectivity index (χ0) is 13.9. The fraction of sp³-hybridized carbons (Fsp3) is 0.125. The van der Waals surface area contributed by atoms with Crippen LogP contribution in [0.1, 0.15) is 0 Å². The van der Waals surface area contributed by atoms with Gasteiger partial charge in [-0.15, -0.1) is 0 Å². The van der Waals surface area contributed by atoms with E-state index in [-0.39, 0.29) is 0 Å². The van der Waals surface area contributed by atoms with E-state index < -0.39 is 0 Å². The largest absolute Gasteiger partial charge is 0.492 e. The van der Waals surface area contributed by atoms with E-state index in [4.69, 9.17) is 16.3 Å². The molecule has 0 N–H and O–H groups in total. The lowest BCUT2D eigenvalue weighted by molar-refractivity contribution is 0.300. The Morgan fingerprint density at radius 1 is 1.05 bits per heavy atom. The number of hydrogen-bond donors (Lipinski definition) is 0. The van der Waals surface area contributed by atoms with Gasteiger partial charge in [0.15, 0.2) is 0 Å². The first-order valence-electron chi connectivity index (χ1n) is 6.35. The summed E-state index contributed by atoms with van der Waals surface area (Å²) in [5.74, 6) is 0.841. The summed E-state index contributed by atoms with van der Waals surface area (Å²) in [5.41, 5.74) is 1.22. The second kappa shape index (κ2) is 5.90. The van der Waals surface area contributed by atoms with Crippen molar-refractivity contribution >= 4 is 38.4 Å².